The Morgan fingerprint density at radius 2 is 1.97 bits per heavy atom. The standard InChI is InChI=1S/C26H26N4O2/c1-16-6-7-28-8-9-29(15-24(16)28)21-5-4-19-10-22(26(31)32-25(19)12-21)20-11-23-18(3)27-17(2)13-30(23)14-20/h4-5,10-14,24H,1,6-9,15H2,2-3H3. The quantitative estimate of drug-likeness (QED) is 0.356. The highest BCUT2D eigenvalue weighted by Crippen LogP contribution is 2.31. The fourth-order valence-electron chi connectivity index (χ4n) is 5.24. The van der Waals surface area contributed by atoms with Crippen molar-refractivity contribution in [2.24, 2.45) is 0 Å². The number of hydrogen-bond donors (Lipinski definition) is 0. The fraction of sp³-hybridized carbons (Fsp3) is 0.308. The molecule has 3 aromatic heterocycles. The summed E-state index contributed by atoms with van der Waals surface area (Å²) in [6, 6.07) is 10.6. The van der Waals surface area contributed by atoms with Gasteiger partial charge >= 0.3 is 5.63 Å². The molecule has 0 N–H and O–H groups in total. The van der Waals surface area contributed by atoms with Gasteiger partial charge in [0.1, 0.15) is 5.58 Å². The average molecular weight is 427 g/mol. The maximum atomic E-state index is 12.9. The first-order valence-electron chi connectivity index (χ1n) is 11.2. The number of fused-ring (bicyclic) bond motifs is 3. The van der Waals surface area contributed by atoms with Crippen molar-refractivity contribution in [3.05, 3.63) is 76.7 Å². The van der Waals surface area contributed by atoms with Crippen LogP contribution in [0.3, 0.4) is 0 Å². The molecule has 0 bridgehead atoms. The Labute approximate surface area is 186 Å². The Bertz CT molecular complexity index is 1450. The summed E-state index contributed by atoms with van der Waals surface area (Å²) >= 11 is 0. The van der Waals surface area contributed by atoms with E-state index in [1.165, 1.54) is 5.57 Å². The van der Waals surface area contributed by atoms with Crippen LogP contribution in [0.5, 0.6) is 0 Å². The van der Waals surface area contributed by atoms with Gasteiger partial charge in [0.15, 0.2) is 0 Å². The zero-order valence-corrected chi connectivity index (χ0v) is 18.5. The molecule has 1 aromatic carbocycles. The molecule has 6 rings (SSSR count). The minimum Gasteiger partial charge on any atom is -0.422 e. The molecule has 32 heavy (non-hydrogen) atoms. The fourth-order valence-corrected chi connectivity index (χ4v) is 5.24. The van der Waals surface area contributed by atoms with Crippen molar-refractivity contribution < 1.29 is 4.42 Å². The van der Waals surface area contributed by atoms with Crippen LogP contribution in [0.25, 0.3) is 27.6 Å². The third-order valence-corrected chi connectivity index (χ3v) is 6.97. The number of aryl methyl sites for hydroxylation is 2. The van der Waals surface area contributed by atoms with Crippen molar-refractivity contribution in [1.29, 1.82) is 0 Å². The van der Waals surface area contributed by atoms with E-state index in [-0.39, 0.29) is 5.63 Å². The number of aromatic nitrogens is 2. The number of anilines is 1. The van der Waals surface area contributed by atoms with Crippen LogP contribution >= 0.6 is 0 Å². The molecule has 2 saturated heterocycles. The Morgan fingerprint density at radius 1 is 1.09 bits per heavy atom. The topological polar surface area (TPSA) is 54.0 Å². The minimum absolute atomic E-state index is 0.318. The molecule has 0 aliphatic carbocycles. The van der Waals surface area contributed by atoms with Crippen LogP contribution in [0.4, 0.5) is 5.69 Å². The lowest BCUT2D eigenvalue weighted by atomic mass is 10.1. The van der Waals surface area contributed by atoms with Crippen molar-refractivity contribution in [3.63, 3.8) is 0 Å². The Morgan fingerprint density at radius 3 is 2.84 bits per heavy atom. The molecule has 1 atom stereocenters. The molecule has 2 aliphatic rings. The summed E-state index contributed by atoms with van der Waals surface area (Å²) in [5.41, 5.74) is 7.02. The first-order chi connectivity index (χ1) is 15.5. The van der Waals surface area contributed by atoms with Crippen LogP contribution in [-0.4, -0.2) is 46.5 Å². The first kappa shape index (κ1) is 19.3. The molecule has 162 valence electrons. The lowest BCUT2D eigenvalue weighted by Gasteiger charge is -2.39. The lowest BCUT2D eigenvalue weighted by molar-refractivity contribution is 0.245. The second-order valence-corrected chi connectivity index (χ2v) is 9.06. The number of hydrogen-bond acceptors (Lipinski definition) is 5. The van der Waals surface area contributed by atoms with E-state index in [1.54, 1.807) is 0 Å². The van der Waals surface area contributed by atoms with Gasteiger partial charge in [0.25, 0.3) is 0 Å². The van der Waals surface area contributed by atoms with Crippen molar-refractivity contribution in [2.45, 2.75) is 26.3 Å². The summed E-state index contributed by atoms with van der Waals surface area (Å²) in [7, 11) is 0. The lowest BCUT2D eigenvalue weighted by Crippen LogP contribution is -2.50. The summed E-state index contributed by atoms with van der Waals surface area (Å²) in [5.74, 6) is 0. The SMILES string of the molecule is C=C1CCN2CCN(c3ccc4cc(-c5cc6c(C)nc(C)cn6c5)c(=O)oc4c3)CC12. The summed E-state index contributed by atoms with van der Waals surface area (Å²) in [6.07, 6.45) is 5.04. The average Bonchev–Trinajstić information content (AvgIpc) is 3.36. The van der Waals surface area contributed by atoms with Gasteiger partial charge in [-0.3, -0.25) is 9.88 Å². The molecule has 0 saturated carbocycles. The van der Waals surface area contributed by atoms with Gasteiger partial charge in [0.05, 0.1) is 22.5 Å². The van der Waals surface area contributed by atoms with Crippen LogP contribution in [0.1, 0.15) is 17.8 Å². The van der Waals surface area contributed by atoms with Gasteiger partial charge in [-0.1, -0.05) is 12.2 Å². The van der Waals surface area contributed by atoms with Crippen LogP contribution in [0, 0.1) is 13.8 Å². The molecule has 6 nitrogen and oxygen atoms in total. The van der Waals surface area contributed by atoms with Gasteiger partial charge in [0.2, 0.25) is 0 Å². The minimum atomic E-state index is -0.318. The van der Waals surface area contributed by atoms with E-state index in [2.05, 4.69) is 33.5 Å². The van der Waals surface area contributed by atoms with E-state index in [4.69, 9.17) is 4.42 Å². The molecule has 0 radical (unpaired) electrons. The second kappa shape index (κ2) is 7.07. The molecule has 2 aliphatic heterocycles. The predicted octanol–water partition coefficient (Wildman–Crippen LogP) is 4.18. The number of rotatable bonds is 2. The normalized spacial score (nSPS) is 19.2. The Balaban J connectivity index is 1.37. The molecule has 0 spiro atoms. The highest BCUT2D eigenvalue weighted by molar-refractivity contribution is 5.85. The third-order valence-electron chi connectivity index (χ3n) is 6.97. The monoisotopic (exact) mass is 426 g/mol. The Kier molecular flexibility index (Phi) is 4.27. The van der Waals surface area contributed by atoms with Gasteiger partial charge in [0, 0.05) is 67.3 Å². The van der Waals surface area contributed by atoms with E-state index < -0.39 is 0 Å². The van der Waals surface area contributed by atoms with Crippen molar-refractivity contribution in [1.82, 2.24) is 14.3 Å². The van der Waals surface area contributed by atoms with Crippen molar-refractivity contribution >= 4 is 22.2 Å². The summed E-state index contributed by atoms with van der Waals surface area (Å²) in [4.78, 5) is 22.3. The van der Waals surface area contributed by atoms with Crippen molar-refractivity contribution in [3.8, 4) is 11.1 Å². The van der Waals surface area contributed by atoms with E-state index in [1.807, 2.05) is 48.8 Å². The number of benzene rings is 1. The van der Waals surface area contributed by atoms with E-state index in [9.17, 15) is 4.79 Å². The number of piperazine rings is 1. The molecule has 0 amide bonds. The second-order valence-electron chi connectivity index (χ2n) is 9.06. The van der Waals surface area contributed by atoms with Crippen molar-refractivity contribution in [2.75, 3.05) is 31.1 Å². The molecule has 5 heterocycles. The summed E-state index contributed by atoms with van der Waals surface area (Å²) in [6.45, 7) is 12.3. The van der Waals surface area contributed by atoms with Gasteiger partial charge in [-0.15, -0.1) is 0 Å². The third kappa shape index (κ3) is 3.06. The van der Waals surface area contributed by atoms with Gasteiger partial charge < -0.3 is 13.7 Å². The van der Waals surface area contributed by atoms with E-state index >= 15 is 0 Å². The van der Waals surface area contributed by atoms with Gasteiger partial charge in [-0.2, -0.15) is 0 Å². The highest BCUT2D eigenvalue weighted by atomic mass is 16.4. The van der Waals surface area contributed by atoms with Crippen LogP contribution in [-0.2, 0) is 0 Å². The highest BCUT2D eigenvalue weighted by Gasteiger charge is 2.33. The zero-order valence-electron chi connectivity index (χ0n) is 18.5. The smallest absolute Gasteiger partial charge is 0.344 e. The van der Waals surface area contributed by atoms with E-state index in [0.717, 1.165) is 66.1 Å². The summed E-state index contributed by atoms with van der Waals surface area (Å²) in [5, 5.41) is 0.925. The first-order valence-corrected chi connectivity index (χ1v) is 11.2. The van der Waals surface area contributed by atoms with Crippen LogP contribution < -0.4 is 10.5 Å². The predicted molar refractivity (Wildman–Crippen MR) is 127 cm³/mol. The largest absolute Gasteiger partial charge is 0.422 e. The van der Waals surface area contributed by atoms with Crippen LogP contribution in [0.15, 0.2) is 64.1 Å². The number of nitrogens with zero attached hydrogens (tertiary/aromatic N) is 4. The Hall–Kier alpha value is -3.38. The molecule has 1 unspecified atom stereocenters. The maximum absolute atomic E-state index is 12.9. The zero-order chi connectivity index (χ0) is 22.0. The molecule has 2 fully saturated rings. The van der Waals surface area contributed by atoms with Crippen LogP contribution in [0.2, 0.25) is 0 Å². The molecule has 6 heteroatoms. The molecule has 4 aromatic rings. The van der Waals surface area contributed by atoms with Gasteiger partial charge in [-0.25, -0.2) is 4.79 Å². The van der Waals surface area contributed by atoms with E-state index in [0.29, 0.717) is 17.2 Å². The molecular weight excluding hydrogens is 400 g/mol. The summed E-state index contributed by atoms with van der Waals surface area (Å²) < 4.78 is 7.83. The van der Waals surface area contributed by atoms with Gasteiger partial charge in [-0.05, 0) is 44.5 Å². The maximum Gasteiger partial charge on any atom is 0.344 e. The molecular formula is C26H26N4O2.